The second-order valence-electron chi connectivity index (χ2n) is 6.93. The van der Waals surface area contributed by atoms with E-state index in [2.05, 4.69) is 26.7 Å². The van der Waals surface area contributed by atoms with Crippen molar-refractivity contribution in [3.05, 3.63) is 88.7 Å². The van der Waals surface area contributed by atoms with Gasteiger partial charge in [-0.2, -0.15) is 0 Å². The van der Waals surface area contributed by atoms with Crippen molar-refractivity contribution in [1.82, 2.24) is 4.68 Å². The summed E-state index contributed by atoms with van der Waals surface area (Å²) >= 11 is 3.31. The van der Waals surface area contributed by atoms with Gasteiger partial charge in [0.25, 0.3) is 11.8 Å². The van der Waals surface area contributed by atoms with E-state index in [1.807, 2.05) is 36.4 Å². The molecule has 1 atom stereocenters. The predicted octanol–water partition coefficient (Wildman–Crippen LogP) is 3.64. The molecule has 3 rings (SSSR count). The summed E-state index contributed by atoms with van der Waals surface area (Å²) in [7, 11) is 0. The van der Waals surface area contributed by atoms with Crippen LogP contribution in [-0.2, 0) is 20.9 Å². The van der Waals surface area contributed by atoms with Crippen LogP contribution in [0.15, 0.2) is 77.4 Å². The van der Waals surface area contributed by atoms with E-state index in [9.17, 15) is 14.4 Å². The van der Waals surface area contributed by atoms with E-state index in [-0.39, 0.29) is 18.7 Å². The number of amides is 3. The van der Waals surface area contributed by atoms with E-state index in [1.54, 1.807) is 30.3 Å². The minimum Gasteiger partial charge on any atom is -0.436 e. The molecule has 3 aromatic rings. The van der Waals surface area contributed by atoms with Gasteiger partial charge in [0.15, 0.2) is 6.10 Å². The Balaban J connectivity index is 1.62. The fourth-order valence-electron chi connectivity index (χ4n) is 2.96. The number of nitrogens with two attached hydrogens (primary N) is 1. The number of benzene rings is 2. The second-order valence-corrected chi connectivity index (χ2v) is 7.79. The summed E-state index contributed by atoms with van der Waals surface area (Å²) in [5.41, 5.74) is 9.42. The van der Waals surface area contributed by atoms with Crippen LogP contribution in [-0.4, -0.2) is 35.3 Å². The van der Waals surface area contributed by atoms with Crippen molar-refractivity contribution in [2.45, 2.75) is 19.1 Å². The van der Waals surface area contributed by atoms with Crippen LogP contribution in [0.3, 0.4) is 0 Å². The quantitative estimate of drug-likeness (QED) is 0.356. The van der Waals surface area contributed by atoms with Gasteiger partial charge in [0, 0.05) is 18.3 Å². The number of aromatic nitrogens is 1. The maximum absolute atomic E-state index is 12.8. The molecule has 0 radical (unpaired) electrons. The van der Waals surface area contributed by atoms with E-state index < -0.39 is 24.0 Å². The maximum Gasteiger partial charge on any atom is 0.405 e. The number of ether oxygens (including phenoxy) is 2. The Hall–Kier alpha value is -3.63. The van der Waals surface area contributed by atoms with Gasteiger partial charge in [0.1, 0.15) is 5.69 Å². The Morgan fingerprint density at radius 3 is 2.33 bits per heavy atom. The summed E-state index contributed by atoms with van der Waals surface area (Å²) in [6.07, 6.45) is -0.719. The molecule has 172 valence electrons. The Morgan fingerprint density at radius 1 is 1.00 bits per heavy atom. The summed E-state index contributed by atoms with van der Waals surface area (Å²) < 4.78 is 12.2. The van der Waals surface area contributed by atoms with Crippen molar-refractivity contribution < 1.29 is 23.9 Å². The van der Waals surface area contributed by atoms with E-state index in [1.165, 1.54) is 10.9 Å². The zero-order valence-electron chi connectivity index (χ0n) is 17.6. The normalized spacial score (nSPS) is 11.4. The van der Waals surface area contributed by atoms with Gasteiger partial charge in [-0.3, -0.25) is 19.7 Å². The van der Waals surface area contributed by atoms with Crippen LogP contribution in [0.1, 0.15) is 22.5 Å². The highest BCUT2D eigenvalue weighted by Gasteiger charge is 2.25. The molecule has 1 unspecified atom stereocenters. The van der Waals surface area contributed by atoms with Gasteiger partial charge in [0.05, 0.1) is 17.7 Å². The maximum atomic E-state index is 12.8. The molecule has 0 aliphatic heterocycles. The zero-order valence-corrected chi connectivity index (χ0v) is 19.2. The molecule has 2 aromatic carbocycles. The number of primary amides is 1. The number of hydrogen-bond donors (Lipinski definition) is 3. The molecule has 1 heterocycles. The molecule has 0 saturated heterocycles. The monoisotopic (exact) mass is 514 g/mol. The third kappa shape index (κ3) is 7.19. The van der Waals surface area contributed by atoms with Crippen molar-refractivity contribution in [3.63, 3.8) is 0 Å². The van der Waals surface area contributed by atoms with Gasteiger partial charge < -0.3 is 20.5 Å². The van der Waals surface area contributed by atoms with Gasteiger partial charge in [-0.1, -0.05) is 48.5 Å². The fraction of sp³-hybridized carbons (Fsp3) is 0.174. The average molecular weight is 515 g/mol. The summed E-state index contributed by atoms with van der Waals surface area (Å²) in [4.78, 5) is 36.8. The van der Waals surface area contributed by atoms with Crippen molar-refractivity contribution >= 4 is 39.5 Å². The van der Waals surface area contributed by atoms with Crippen molar-refractivity contribution in [2.24, 2.45) is 5.73 Å². The number of rotatable bonds is 10. The number of nitrogens with one attached hydrogen (secondary N) is 2. The third-order valence-corrected chi connectivity index (χ3v) is 5.14. The van der Waals surface area contributed by atoms with Gasteiger partial charge in [-0.25, -0.2) is 4.79 Å². The number of hydrogen-bond acceptors (Lipinski definition) is 5. The number of nitrogens with zero attached hydrogens (tertiary/aromatic N) is 1. The molecule has 33 heavy (non-hydrogen) atoms. The topological polar surface area (TPSA) is 125 Å². The zero-order chi connectivity index (χ0) is 23.6. The lowest BCUT2D eigenvalue weighted by Gasteiger charge is -2.18. The molecule has 0 aliphatic carbocycles. The van der Waals surface area contributed by atoms with Crippen molar-refractivity contribution in [2.75, 3.05) is 17.3 Å². The van der Waals surface area contributed by atoms with Crippen LogP contribution in [0.25, 0.3) is 0 Å². The lowest BCUT2D eigenvalue weighted by molar-refractivity contribution is -0.126. The number of carbonyl (C=O) groups excluding carboxylic acids is 3. The molecule has 0 spiro atoms. The number of halogens is 1. The highest BCUT2D eigenvalue weighted by Crippen LogP contribution is 2.19. The number of anilines is 1. The number of carbonyl (C=O) groups is 3. The first kappa shape index (κ1) is 24.0. The van der Waals surface area contributed by atoms with E-state index in [4.69, 9.17) is 15.2 Å². The fourth-order valence-corrected chi connectivity index (χ4v) is 3.45. The molecule has 0 aliphatic rings. The summed E-state index contributed by atoms with van der Waals surface area (Å²) in [6, 6.07) is 20.0. The van der Waals surface area contributed by atoms with Gasteiger partial charge in [-0.15, -0.1) is 0 Å². The molecule has 3 amide bonds. The van der Waals surface area contributed by atoms with Crippen LogP contribution < -0.4 is 16.5 Å². The summed E-state index contributed by atoms with van der Waals surface area (Å²) in [6.45, 7) is 0.497. The van der Waals surface area contributed by atoms with Crippen LogP contribution >= 0.6 is 15.9 Å². The van der Waals surface area contributed by atoms with Crippen molar-refractivity contribution in [1.29, 1.82) is 0 Å². The third-order valence-electron chi connectivity index (χ3n) is 4.50. The van der Waals surface area contributed by atoms with Crippen LogP contribution in [0, 0.1) is 0 Å². The molecular weight excluding hydrogens is 492 g/mol. The second kappa shape index (κ2) is 11.8. The predicted molar refractivity (Wildman–Crippen MR) is 126 cm³/mol. The Bertz CT molecular complexity index is 1090. The minimum atomic E-state index is -1.20. The van der Waals surface area contributed by atoms with Crippen LogP contribution in [0.5, 0.6) is 0 Å². The summed E-state index contributed by atoms with van der Waals surface area (Å²) in [5.74, 6) is -1.11. The van der Waals surface area contributed by atoms with Crippen LogP contribution in [0.2, 0.25) is 0 Å². The molecule has 0 fully saturated rings. The molecule has 1 aromatic heterocycles. The lowest BCUT2D eigenvalue weighted by Crippen LogP contribution is -2.39. The minimum absolute atomic E-state index is 0.0790. The largest absolute Gasteiger partial charge is 0.436 e. The lowest BCUT2D eigenvalue weighted by atomic mass is 10.2. The molecule has 0 saturated carbocycles. The molecule has 9 nitrogen and oxygen atoms in total. The SMILES string of the molecule is NC(=O)OC(CCOCc1ccccc1)C(=O)Nn1ccc(Br)c1C(=O)Nc1ccccc1. The first-order valence-electron chi connectivity index (χ1n) is 10.1. The molecular formula is C23H23BrN4O5. The molecule has 10 heteroatoms. The van der Waals surface area contributed by atoms with Gasteiger partial charge in [-0.05, 0) is 39.7 Å². The van der Waals surface area contributed by atoms with E-state index >= 15 is 0 Å². The highest BCUT2D eigenvalue weighted by atomic mass is 79.9. The summed E-state index contributed by atoms with van der Waals surface area (Å²) in [5, 5.41) is 2.75. The number of para-hydroxylation sites is 1. The Labute approximate surface area is 199 Å². The molecule has 4 N–H and O–H groups in total. The van der Waals surface area contributed by atoms with Crippen LogP contribution in [0.4, 0.5) is 10.5 Å². The van der Waals surface area contributed by atoms with E-state index in [0.29, 0.717) is 16.8 Å². The highest BCUT2D eigenvalue weighted by molar-refractivity contribution is 9.10. The molecule has 0 bridgehead atoms. The first-order valence-corrected chi connectivity index (χ1v) is 10.8. The van der Waals surface area contributed by atoms with Gasteiger partial charge in [0.2, 0.25) is 0 Å². The standard InChI is InChI=1S/C23H23BrN4O5/c24-18-11-13-28(20(18)22(30)26-17-9-5-2-6-10-17)27-21(29)19(33-23(25)31)12-14-32-15-16-7-3-1-4-8-16/h1-11,13,19H,12,14-15H2,(H2,25,31)(H,26,30)(H,27,29). The average Bonchev–Trinajstić information content (AvgIpc) is 3.16. The Morgan fingerprint density at radius 2 is 1.67 bits per heavy atom. The smallest absolute Gasteiger partial charge is 0.405 e. The van der Waals surface area contributed by atoms with Crippen molar-refractivity contribution in [3.8, 4) is 0 Å². The first-order chi connectivity index (χ1) is 15.9. The van der Waals surface area contributed by atoms with E-state index in [0.717, 1.165) is 5.56 Å². The van der Waals surface area contributed by atoms with Gasteiger partial charge >= 0.3 is 6.09 Å². The Kier molecular flexibility index (Phi) is 8.62.